The molecule has 1 saturated heterocycles. The molecule has 0 bridgehead atoms. The number of likely N-dealkylation sites (tertiary alicyclic amines) is 1. The van der Waals surface area contributed by atoms with E-state index in [0.717, 1.165) is 50.7 Å². The van der Waals surface area contributed by atoms with Crippen molar-refractivity contribution in [1.82, 2.24) is 10.2 Å². The molecule has 0 aliphatic carbocycles. The van der Waals surface area contributed by atoms with Gasteiger partial charge in [0.15, 0.2) is 5.96 Å². The maximum atomic E-state index is 12.8. The van der Waals surface area contributed by atoms with Gasteiger partial charge in [0.25, 0.3) is 0 Å². The molecule has 1 N–H and O–H groups in total. The molecule has 1 aromatic carbocycles. The van der Waals surface area contributed by atoms with E-state index in [1.165, 1.54) is 18.4 Å². The third-order valence-electron chi connectivity index (χ3n) is 5.07. The van der Waals surface area contributed by atoms with Crippen molar-refractivity contribution in [3.05, 3.63) is 29.8 Å². The van der Waals surface area contributed by atoms with Gasteiger partial charge in [-0.05, 0) is 50.2 Å². The molecule has 3 rings (SSSR count). The first-order valence-corrected chi connectivity index (χ1v) is 9.60. The molecule has 0 spiro atoms. The molecule has 1 atom stereocenters. The fraction of sp³-hybridized carbons (Fsp3) is 0.600. The van der Waals surface area contributed by atoms with Gasteiger partial charge in [0.1, 0.15) is 6.54 Å². The zero-order chi connectivity index (χ0) is 17.6. The number of fused-ring (bicyclic) bond motifs is 1. The van der Waals surface area contributed by atoms with Crippen molar-refractivity contribution >= 4 is 41.5 Å². The van der Waals surface area contributed by atoms with Gasteiger partial charge in [-0.2, -0.15) is 0 Å². The van der Waals surface area contributed by atoms with Crippen molar-refractivity contribution in [3.8, 4) is 0 Å². The number of amides is 1. The number of carbonyl (C=O) groups excluding carboxylic acids is 1. The Morgan fingerprint density at radius 3 is 2.85 bits per heavy atom. The molecule has 1 aromatic rings. The summed E-state index contributed by atoms with van der Waals surface area (Å²) in [6, 6.07) is 8.23. The first kappa shape index (κ1) is 21.0. The Balaban J connectivity index is 0.00000243. The molecule has 1 unspecified atom stereocenters. The fourth-order valence-electron chi connectivity index (χ4n) is 3.83. The molecule has 6 heteroatoms. The van der Waals surface area contributed by atoms with Gasteiger partial charge in [0.05, 0.1) is 0 Å². The summed E-state index contributed by atoms with van der Waals surface area (Å²) in [4.78, 5) is 21.7. The van der Waals surface area contributed by atoms with E-state index in [1.807, 2.05) is 23.1 Å². The van der Waals surface area contributed by atoms with E-state index in [4.69, 9.17) is 0 Å². The number of piperidine rings is 1. The lowest BCUT2D eigenvalue weighted by molar-refractivity contribution is -0.117. The van der Waals surface area contributed by atoms with E-state index in [-0.39, 0.29) is 36.4 Å². The van der Waals surface area contributed by atoms with Gasteiger partial charge >= 0.3 is 0 Å². The van der Waals surface area contributed by atoms with Crippen molar-refractivity contribution in [3.63, 3.8) is 0 Å². The summed E-state index contributed by atoms with van der Waals surface area (Å²) < 4.78 is 0. The number of para-hydroxylation sites is 1. The van der Waals surface area contributed by atoms with Crippen molar-refractivity contribution in [1.29, 1.82) is 0 Å². The molecule has 2 aliphatic heterocycles. The summed E-state index contributed by atoms with van der Waals surface area (Å²) >= 11 is 0. The van der Waals surface area contributed by atoms with Crippen molar-refractivity contribution in [2.24, 2.45) is 10.9 Å². The van der Waals surface area contributed by atoms with Gasteiger partial charge in [-0.25, -0.2) is 4.99 Å². The van der Waals surface area contributed by atoms with Gasteiger partial charge in [-0.3, -0.25) is 4.79 Å². The number of nitrogens with zero attached hydrogens (tertiary/aromatic N) is 3. The predicted molar refractivity (Wildman–Crippen MR) is 118 cm³/mol. The number of halogens is 1. The number of rotatable bonds is 3. The zero-order valence-electron chi connectivity index (χ0n) is 15.9. The maximum absolute atomic E-state index is 12.8. The number of nitrogens with one attached hydrogen (secondary N) is 1. The number of carbonyl (C=O) groups is 1. The lowest BCUT2D eigenvalue weighted by Gasteiger charge is -2.34. The van der Waals surface area contributed by atoms with Gasteiger partial charge in [-0.15, -0.1) is 24.0 Å². The highest BCUT2D eigenvalue weighted by Gasteiger charge is 2.23. The smallest absolute Gasteiger partial charge is 0.248 e. The van der Waals surface area contributed by atoms with Crippen LogP contribution in [0.25, 0.3) is 0 Å². The Labute approximate surface area is 174 Å². The Bertz CT molecular complexity index is 634. The quantitative estimate of drug-likeness (QED) is 0.419. The van der Waals surface area contributed by atoms with Crippen molar-refractivity contribution < 1.29 is 4.79 Å². The molecular weight excluding hydrogens is 439 g/mol. The summed E-state index contributed by atoms with van der Waals surface area (Å²) in [5.41, 5.74) is 2.33. The number of benzene rings is 1. The first-order valence-electron chi connectivity index (χ1n) is 9.60. The molecule has 1 amide bonds. The van der Waals surface area contributed by atoms with Crippen LogP contribution in [0.1, 0.15) is 38.7 Å². The van der Waals surface area contributed by atoms with Crippen LogP contribution in [0, 0.1) is 5.92 Å². The van der Waals surface area contributed by atoms with E-state index in [9.17, 15) is 4.79 Å². The van der Waals surface area contributed by atoms with Gasteiger partial charge < -0.3 is 15.1 Å². The van der Waals surface area contributed by atoms with Gasteiger partial charge in [0, 0.05) is 31.9 Å². The summed E-state index contributed by atoms with van der Waals surface area (Å²) in [7, 11) is 0. The molecule has 5 nitrogen and oxygen atoms in total. The number of aryl methyl sites for hydroxylation is 1. The second kappa shape index (κ2) is 10.1. The SMILES string of the molecule is CCNC(=NCC(=O)N1CCCc2ccccc21)N1CCCC(C)C1.I. The van der Waals surface area contributed by atoms with Crippen LogP contribution in [0.5, 0.6) is 0 Å². The summed E-state index contributed by atoms with van der Waals surface area (Å²) in [6.45, 7) is 8.23. The molecule has 2 heterocycles. The van der Waals surface area contributed by atoms with Crippen molar-refractivity contribution in [2.45, 2.75) is 39.5 Å². The fourth-order valence-corrected chi connectivity index (χ4v) is 3.83. The normalized spacial score (nSPS) is 20.2. The number of hydrogen-bond acceptors (Lipinski definition) is 2. The van der Waals surface area contributed by atoms with Gasteiger partial charge in [-0.1, -0.05) is 25.1 Å². The molecule has 1 fully saturated rings. The van der Waals surface area contributed by atoms with E-state index in [2.05, 4.69) is 35.1 Å². The molecule has 144 valence electrons. The number of guanidine groups is 1. The first-order chi connectivity index (χ1) is 12.2. The predicted octanol–water partition coefficient (Wildman–Crippen LogP) is 3.28. The standard InChI is InChI=1S/C20H30N4O.HI/c1-3-21-20(23-12-6-8-16(2)15-23)22-14-19(25)24-13-7-10-17-9-4-5-11-18(17)24;/h4-5,9,11,16H,3,6-8,10,12-15H2,1-2H3,(H,21,22);1H. The minimum atomic E-state index is 0. The Kier molecular flexibility index (Phi) is 8.18. The highest BCUT2D eigenvalue weighted by molar-refractivity contribution is 14.0. The molecule has 26 heavy (non-hydrogen) atoms. The van der Waals surface area contributed by atoms with Crippen LogP contribution >= 0.6 is 24.0 Å². The second-order valence-corrected chi connectivity index (χ2v) is 7.14. The third-order valence-corrected chi connectivity index (χ3v) is 5.07. The Morgan fingerprint density at radius 2 is 2.08 bits per heavy atom. The number of hydrogen-bond donors (Lipinski definition) is 1. The highest BCUT2D eigenvalue weighted by Crippen LogP contribution is 2.26. The second-order valence-electron chi connectivity index (χ2n) is 7.14. The van der Waals surface area contributed by atoms with Crippen LogP contribution in [-0.2, 0) is 11.2 Å². The Hall–Kier alpha value is -1.31. The third kappa shape index (κ3) is 5.11. The van der Waals surface area contributed by atoms with E-state index in [0.29, 0.717) is 5.92 Å². The lowest BCUT2D eigenvalue weighted by Crippen LogP contribution is -2.47. The Morgan fingerprint density at radius 1 is 1.27 bits per heavy atom. The van der Waals surface area contributed by atoms with Crippen LogP contribution in [0.3, 0.4) is 0 Å². The van der Waals surface area contributed by atoms with Crippen LogP contribution < -0.4 is 10.2 Å². The molecule has 2 aliphatic rings. The van der Waals surface area contributed by atoms with Crippen LogP contribution in [0.4, 0.5) is 5.69 Å². The van der Waals surface area contributed by atoms with E-state index < -0.39 is 0 Å². The topological polar surface area (TPSA) is 47.9 Å². The minimum absolute atomic E-state index is 0. The minimum Gasteiger partial charge on any atom is -0.357 e. The van der Waals surface area contributed by atoms with E-state index in [1.54, 1.807) is 0 Å². The highest BCUT2D eigenvalue weighted by atomic mass is 127. The van der Waals surface area contributed by atoms with Crippen LogP contribution in [0.15, 0.2) is 29.3 Å². The summed E-state index contributed by atoms with van der Waals surface area (Å²) in [5.74, 6) is 1.66. The molecule has 0 aromatic heterocycles. The molecule has 0 radical (unpaired) electrons. The monoisotopic (exact) mass is 470 g/mol. The summed E-state index contributed by atoms with van der Waals surface area (Å²) in [6.07, 6.45) is 4.55. The maximum Gasteiger partial charge on any atom is 0.248 e. The average molecular weight is 470 g/mol. The number of anilines is 1. The van der Waals surface area contributed by atoms with E-state index >= 15 is 0 Å². The lowest BCUT2D eigenvalue weighted by atomic mass is 10.0. The summed E-state index contributed by atoms with van der Waals surface area (Å²) in [5, 5.41) is 3.36. The van der Waals surface area contributed by atoms with Gasteiger partial charge in [0.2, 0.25) is 5.91 Å². The van der Waals surface area contributed by atoms with Crippen LogP contribution in [-0.4, -0.2) is 49.5 Å². The average Bonchev–Trinajstić information content (AvgIpc) is 2.64. The van der Waals surface area contributed by atoms with Crippen LogP contribution in [0.2, 0.25) is 0 Å². The zero-order valence-corrected chi connectivity index (χ0v) is 18.2. The van der Waals surface area contributed by atoms with Crippen molar-refractivity contribution in [2.75, 3.05) is 37.6 Å². The molecule has 0 saturated carbocycles. The molecular formula is C20H31IN4O. The largest absolute Gasteiger partial charge is 0.357 e. The number of aliphatic imine (C=N–C) groups is 1.